The number of hydrogen-bond acceptors (Lipinski definition) is 4. The van der Waals surface area contributed by atoms with Crippen LogP contribution in [0, 0.1) is 0 Å². The molecule has 5 heteroatoms. The van der Waals surface area contributed by atoms with Gasteiger partial charge in [-0.1, -0.05) is 12.8 Å². The molecule has 1 aliphatic carbocycles. The van der Waals surface area contributed by atoms with Gasteiger partial charge in [0.15, 0.2) is 0 Å². The number of carbonyl (C=O) groups is 1. The largest absolute Gasteiger partial charge is 0.385 e. The van der Waals surface area contributed by atoms with Crippen LogP contribution in [0.1, 0.15) is 44.9 Å². The molecule has 1 amide bonds. The zero-order valence-corrected chi connectivity index (χ0v) is 12.6. The average Bonchev–Trinajstić information content (AvgIpc) is 2.92. The van der Waals surface area contributed by atoms with Gasteiger partial charge in [-0.25, -0.2) is 0 Å². The van der Waals surface area contributed by atoms with Crippen molar-refractivity contribution in [3.8, 4) is 0 Å². The number of likely N-dealkylation sites (tertiary alicyclic amines) is 1. The van der Waals surface area contributed by atoms with Gasteiger partial charge in [0.25, 0.3) is 0 Å². The summed E-state index contributed by atoms with van der Waals surface area (Å²) >= 11 is 0. The minimum atomic E-state index is -0.577. The summed E-state index contributed by atoms with van der Waals surface area (Å²) in [6.07, 6.45) is 6.93. The molecule has 1 heterocycles. The van der Waals surface area contributed by atoms with Gasteiger partial charge in [-0.3, -0.25) is 4.79 Å². The quantitative estimate of drug-likeness (QED) is 0.747. The van der Waals surface area contributed by atoms with Crippen molar-refractivity contribution < 1.29 is 14.3 Å². The first-order chi connectivity index (χ1) is 9.65. The van der Waals surface area contributed by atoms with Crippen molar-refractivity contribution >= 4 is 5.91 Å². The number of carbonyl (C=O) groups excluding carboxylic acids is 1. The Hall–Kier alpha value is -0.650. The predicted molar refractivity (Wildman–Crippen MR) is 77.4 cm³/mol. The second kappa shape index (κ2) is 7.38. The van der Waals surface area contributed by atoms with Gasteiger partial charge in [-0.15, -0.1) is 0 Å². The van der Waals surface area contributed by atoms with E-state index in [4.69, 9.17) is 15.2 Å². The molecule has 1 saturated carbocycles. The Bertz CT molecular complexity index is 308. The van der Waals surface area contributed by atoms with Crippen LogP contribution in [0.4, 0.5) is 0 Å². The predicted octanol–water partition coefficient (Wildman–Crippen LogP) is 1.30. The van der Waals surface area contributed by atoms with Crippen molar-refractivity contribution in [3.05, 3.63) is 0 Å². The van der Waals surface area contributed by atoms with E-state index in [-0.39, 0.29) is 12.0 Å². The number of piperidine rings is 1. The van der Waals surface area contributed by atoms with Crippen LogP contribution in [0.3, 0.4) is 0 Å². The summed E-state index contributed by atoms with van der Waals surface area (Å²) in [6.45, 7) is 3.06. The van der Waals surface area contributed by atoms with Crippen LogP contribution in [0.15, 0.2) is 0 Å². The molecule has 5 nitrogen and oxygen atoms in total. The van der Waals surface area contributed by atoms with Crippen molar-refractivity contribution in [1.29, 1.82) is 0 Å². The Morgan fingerprint density at radius 1 is 1.25 bits per heavy atom. The number of hydrogen-bond donors (Lipinski definition) is 1. The van der Waals surface area contributed by atoms with E-state index in [0.29, 0.717) is 0 Å². The maximum atomic E-state index is 12.5. The van der Waals surface area contributed by atoms with E-state index in [9.17, 15) is 4.79 Å². The van der Waals surface area contributed by atoms with E-state index in [0.717, 1.165) is 71.2 Å². The Labute approximate surface area is 121 Å². The van der Waals surface area contributed by atoms with Crippen molar-refractivity contribution in [1.82, 2.24) is 4.90 Å². The zero-order chi connectivity index (χ0) is 14.4. The summed E-state index contributed by atoms with van der Waals surface area (Å²) in [5.74, 6) is 0.160. The lowest BCUT2D eigenvalue weighted by molar-refractivity contribution is -0.139. The first kappa shape index (κ1) is 15.7. The van der Waals surface area contributed by atoms with Crippen LogP contribution < -0.4 is 5.73 Å². The molecular weight excluding hydrogens is 256 g/mol. The van der Waals surface area contributed by atoms with Crippen LogP contribution in [0.2, 0.25) is 0 Å². The van der Waals surface area contributed by atoms with Crippen LogP contribution in [0.25, 0.3) is 0 Å². The standard InChI is InChI=1S/C15H28N2O3/c1-19-11-4-12-20-13-5-9-17(10-6-13)14(18)15(16)7-2-3-8-15/h13H,2-12,16H2,1H3. The highest BCUT2D eigenvalue weighted by molar-refractivity contribution is 5.86. The van der Waals surface area contributed by atoms with Crippen LogP contribution in [-0.4, -0.2) is 55.9 Å². The topological polar surface area (TPSA) is 64.8 Å². The van der Waals surface area contributed by atoms with E-state index in [1.54, 1.807) is 7.11 Å². The van der Waals surface area contributed by atoms with Gasteiger partial charge in [-0.2, -0.15) is 0 Å². The molecule has 1 saturated heterocycles. The fourth-order valence-corrected chi connectivity index (χ4v) is 3.21. The Balaban J connectivity index is 1.70. The molecule has 2 rings (SSSR count). The third kappa shape index (κ3) is 3.93. The highest BCUT2D eigenvalue weighted by atomic mass is 16.5. The molecule has 0 atom stereocenters. The Kier molecular flexibility index (Phi) is 5.81. The molecule has 0 bridgehead atoms. The number of amides is 1. The molecule has 0 aromatic rings. The summed E-state index contributed by atoms with van der Waals surface area (Å²) in [7, 11) is 1.70. The van der Waals surface area contributed by atoms with Gasteiger partial charge in [0.1, 0.15) is 0 Å². The van der Waals surface area contributed by atoms with Crippen molar-refractivity contribution in [2.75, 3.05) is 33.4 Å². The molecule has 2 aliphatic rings. The second-order valence-electron chi connectivity index (χ2n) is 6.07. The third-order valence-electron chi connectivity index (χ3n) is 4.50. The number of methoxy groups -OCH3 is 1. The molecular formula is C15H28N2O3. The first-order valence-electron chi connectivity index (χ1n) is 7.84. The van der Waals surface area contributed by atoms with E-state index in [1.807, 2.05) is 4.90 Å². The van der Waals surface area contributed by atoms with Crippen LogP contribution in [-0.2, 0) is 14.3 Å². The molecule has 0 aromatic carbocycles. The second-order valence-corrected chi connectivity index (χ2v) is 6.07. The number of rotatable bonds is 6. The lowest BCUT2D eigenvalue weighted by atomic mass is 9.95. The highest BCUT2D eigenvalue weighted by Gasteiger charge is 2.40. The van der Waals surface area contributed by atoms with Gasteiger partial charge in [0.2, 0.25) is 5.91 Å². The summed E-state index contributed by atoms with van der Waals surface area (Å²) in [6, 6.07) is 0. The SMILES string of the molecule is COCCCOC1CCN(C(=O)C2(N)CCCC2)CC1. The maximum absolute atomic E-state index is 12.5. The zero-order valence-electron chi connectivity index (χ0n) is 12.6. The Morgan fingerprint density at radius 3 is 2.50 bits per heavy atom. The molecule has 116 valence electrons. The normalized spacial score (nSPS) is 23.2. The molecule has 2 N–H and O–H groups in total. The number of nitrogens with two attached hydrogens (primary N) is 1. The molecule has 0 radical (unpaired) electrons. The molecule has 0 spiro atoms. The fourth-order valence-electron chi connectivity index (χ4n) is 3.21. The first-order valence-corrected chi connectivity index (χ1v) is 7.84. The molecule has 0 aromatic heterocycles. The Morgan fingerprint density at radius 2 is 1.90 bits per heavy atom. The number of ether oxygens (including phenoxy) is 2. The average molecular weight is 284 g/mol. The van der Waals surface area contributed by atoms with Crippen LogP contribution >= 0.6 is 0 Å². The van der Waals surface area contributed by atoms with Crippen molar-refractivity contribution in [3.63, 3.8) is 0 Å². The molecule has 2 fully saturated rings. The van der Waals surface area contributed by atoms with Gasteiger partial charge >= 0.3 is 0 Å². The van der Waals surface area contributed by atoms with E-state index in [2.05, 4.69) is 0 Å². The third-order valence-corrected chi connectivity index (χ3v) is 4.50. The minimum Gasteiger partial charge on any atom is -0.385 e. The van der Waals surface area contributed by atoms with Gasteiger partial charge in [0, 0.05) is 33.4 Å². The molecule has 20 heavy (non-hydrogen) atoms. The summed E-state index contributed by atoms with van der Waals surface area (Å²) in [5.41, 5.74) is 5.67. The van der Waals surface area contributed by atoms with Gasteiger partial charge < -0.3 is 20.1 Å². The van der Waals surface area contributed by atoms with Crippen molar-refractivity contribution in [2.45, 2.75) is 56.6 Å². The maximum Gasteiger partial charge on any atom is 0.242 e. The van der Waals surface area contributed by atoms with Gasteiger partial charge in [-0.05, 0) is 32.1 Å². The summed E-state index contributed by atoms with van der Waals surface area (Å²) in [4.78, 5) is 14.4. The van der Waals surface area contributed by atoms with Crippen molar-refractivity contribution in [2.24, 2.45) is 5.73 Å². The summed E-state index contributed by atoms with van der Waals surface area (Å²) in [5, 5.41) is 0. The van der Waals surface area contributed by atoms with E-state index in [1.165, 1.54) is 0 Å². The van der Waals surface area contributed by atoms with Crippen LogP contribution in [0.5, 0.6) is 0 Å². The minimum absolute atomic E-state index is 0.160. The summed E-state index contributed by atoms with van der Waals surface area (Å²) < 4.78 is 10.8. The van der Waals surface area contributed by atoms with Gasteiger partial charge in [0.05, 0.1) is 11.6 Å². The lowest BCUT2D eigenvalue weighted by Gasteiger charge is -2.36. The monoisotopic (exact) mass is 284 g/mol. The van der Waals surface area contributed by atoms with E-state index >= 15 is 0 Å². The number of nitrogens with zero attached hydrogens (tertiary/aromatic N) is 1. The molecule has 1 aliphatic heterocycles. The smallest absolute Gasteiger partial charge is 0.242 e. The lowest BCUT2D eigenvalue weighted by Crippen LogP contribution is -2.55. The highest BCUT2D eigenvalue weighted by Crippen LogP contribution is 2.30. The molecule has 0 unspecified atom stereocenters. The fraction of sp³-hybridized carbons (Fsp3) is 0.933. The van der Waals surface area contributed by atoms with E-state index < -0.39 is 5.54 Å².